The number of alkyl carbamates (subject to hydrolysis) is 1. The Kier molecular flexibility index (Phi) is 10.3. The third-order valence-corrected chi connectivity index (χ3v) is 18.8. The van der Waals surface area contributed by atoms with Crippen molar-refractivity contribution in [3.63, 3.8) is 0 Å². The van der Waals surface area contributed by atoms with Crippen LogP contribution in [-0.4, -0.2) is 25.5 Å². The van der Waals surface area contributed by atoms with Gasteiger partial charge in [0.25, 0.3) is 0 Å². The van der Waals surface area contributed by atoms with Crippen LogP contribution in [0.2, 0.25) is 16.6 Å². The second-order valence-electron chi connectivity index (χ2n) is 11.4. The lowest BCUT2D eigenvalue weighted by molar-refractivity contribution is 0.130. The van der Waals surface area contributed by atoms with Crippen molar-refractivity contribution >= 4 is 24.5 Å². The number of hydrogen-bond acceptors (Lipinski definition) is 3. The normalized spacial score (nSPS) is 13.4. The zero-order chi connectivity index (χ0) is 25.5. The third-order valence-electron chi connectivity index (χ3n) is 6.55. The lowest BCUT2D eigenvalue weighted by Gasteiger charge is -2.42. The van der Waals surface area contributed by atoms with Gasteiger partial charge in [0.15, 0.2) is 0 Å². The summed E-state index contributed by atoms with van der Waals surface area (Å²) in [5.41, 5.74) is 4.22. The molecule has 0 radical (unpaired) electrons. The van der Waals surface area contributed by atoms with Crippen LogP contribution in [-0.2, 0) is 11.2 Å². The highest BCUT2D eigenvalue weighted by atomic mass is 32.4. The van der Waals surface area contributed by atoms with Gasteiger partial charge in [-0.25, -0.2) is 4.79 Å². The SMILES string of the molecule is CC(C)[Si](Sc1cccc(C(COC(=O)NC(C)(C)C)Cc2ccccc2)c1)(C(C)C)C(C)C. The maximum absolute atomic E-state index is 12.4. The summed E-state index contributed by atoms with van der Waals surface area (Å²) < 4.78 is 5.71. The average molecular weight is 500 g/mol. The molecule has 0 fully saturated rings. The minimum absolute atomic E-state index is 0.0990. The van der Waals surface area contributed by atoms with Gasteiger partial charge in [0.05, 0.1) is 0 Å². The van der Waals surface area contributed by atoms with E-state index < -0.39 is 7.22 Å². The molecule has 188 valence electrons. The van der Waals surface area contributed by atoms with E-state index in [9.17, 15) is 4.79 Å². The number of benzene rings is 2. The Morgan fingerprint density at radius 3 is 2.03 bits per heavy atom. The van der Waals surface area contributed by atoms with E-state index in [1.54, 1.807) is 0 Å². The van der Waals surface area contributed by atoms with E-state index in [2.05, 4.69) is 107 Å². The van der Waals surface area contributed by atoms with E-state index in [-0.39, 0.29) is 17.6 Å². The molecule has 0 saturated carbocycles. The molecule has 1 atom stereocenters. The molecule has 1 unspecified atom stereocenters. The number of ether oxygens (including phenoxy) is 1. The second kappa shape index (κ2) is 12.3. The third kappa shape index (κ3) is 7.91. The van der Waals surface area contributed by atoms with Gasteiger partial charge in [-0.05, 0) is 67.1 Å². The molecule has 34 heavy (non-hydrogen) atoms. The second-order valence-corrected chi connectivity index (χ2v) is 19.9. The molecule has 0 saturated heterocycles. The van der Waals surface area contributed by atoms with Crippen molar-refractivity contribution in [1.29, 1.82) is 0 Å². The summed E-state index contributed by atoms with van der Waals surface area (Å²) in [7, 11) is -1.64. The lowest BCUT2D eigenvalue weighted by atomic mass is 9.93. The first kappa shape index (κ1) is 28.5. The Bertz CT molecular complexity index is 884. The molecule has 1 N–H and O–H groups in total. The van der Waals surface area contributed by atoms with Crippen LogP contribution >= 0.6 is 11.2 Å². The standard InChI is InChI=1S/C29H45NO2SSi/c1-21(2)34(22(3)4,23(5)6)33-27-17-13-16-25(19-27)26(18-24-14-11-10-12-15-24)20-32-28(31)30-29(7,8)9/h10-17,19,21-23,26H,18,20H2,1-9H3,(H,30,31). The molecule has 2 aromatic rings. The smallest absolute Gasteiger partial charge is 0.407 e. The fourth-order valence-electron chi connectivity index (χ4n) is 5.08. The number of carbonyl (C=O) groups is 1. The molecule has 0 aliphatic carbocycles. The first-order valence-electron chi connectivity index (χ1n) is 12.6. The minimum atomic E-state index is -1.64. The highest BCUT2D eigenvalue weighted by Gasteiger charge is 2.44. The number of amides is 1. The van der Waals surface area contributed by atoms with E-state index in [1.807, 2.05) is 26.8 Å². The van der Waals surface area contributed by atoms with Crippen LogP contribution in [0.1, 0.15) is 79.4 Å². The number of carbonyl (C=O) groups excluding carboxylic acids is 1. The number of nitrogens with one attached hydrogen (secondary N) is 1. The Balaban J connectivity index is 2.33. The molecule has 0 aliphatic heterocycles. The summed E-state index contributed by atoms with van der Waals surface area (Å²) in [6.07, 6.45) is 0.473. The van der Waals surface area contributed by atoms with Gasteiger partial charge in [-0.1, -0.05) is 84.0 Å². The van der Waals surface area contributed by atoms with Crippen molar-refractivity contribution in [2.24, 2.45) is 0 Å². The molecule has 5 heteroatoms. The summed E-state index contributed by atoms with van der Waals surface area (Å²) in [5.74, 6) is 0.0990. The van der Waals surface area contributed by atoms with Crippen molar-refractivity contribution in [3.8, 4) is 0 Å². The molecule has 2 aromatic carbocycles. The fraction of sp³-hybridized carbons (Fsp3) is 0.552. The average Bonchev–Trinajstić information content (AvgIpc) is 2.74. The van der Waals surface area contributed by atoms with Crippen LogP contribution < -0.4 is 5.32 Å². The molecular weight excluding hydrogens is 454 g/mol. The van der Waals surface area contributed by atoms with E-state index in [0.29, 0.717) is 23.2 Å². The van der Waals surface area contributed by atoms with Crippen LogP contribution in [0.3, 0.4) is 0 Å². The van der Waals surface area contributed by atoms with E-state index in [0.717, 1.165) is 6.42 Å². The zero-order valence-electron chi connectivity index (χ0n) is 22.6. The summed E-state index contributed by atoms with van der Waals surface area (Å²) in [4.78, 5) is 13.7. The molecule has 0 spiro atoms. The Morgan fingerprint density at radius 2 is 1.50 bits per heavy atom. The number of hydrogen-bond donors (Lipinski definition) is 1. The van der Waals surface area contributed by atoms with Gasteiger partial charge in [0, 0.05) is 16.4 Å². The predicted octanol–water partition coefficient (Wildman–Crippen LogP) is 8.81. The lowest BCUT2D eigenvalue weighted by Crippen LogP contribution is -2.41. The van der Waals surface area contributed by atoms with Gasteiger partial charge < -0.3 is 10.1 Å². The van der Waals surface area contributed by atoms with E-state index in [1.165, 1.54) is 16.0 Å². The molecule has 0 heterocycles. The highest BCUT2D eigenvalue weighted by molar-refractivity contribution is 8.29. The summed E-state index contributed by atoms with van der Waals surface area (Å²) in [5, 5.41) is 2.91. The Hall–Kier alpha value is -1.72. The van der Waals surface area contributed by atoms with Crippen LogP contribution in [0.15, 0.2) is 59.5 Å². The van der Waals surface area contributed by atoms with Gasteiger partial charge in [-0.2, -0.15) is 11.2 Å². The summed E-state index contributed by atoms with van der Waals surface area (Å²) in [6, 6.07) is 19.4. The quantitative estimate of drug-likeness (QED) is 0.332. The predicted molar refractivity (Wildman–Crippen MR) is 150 cm³/mol. The van der Waals surface area contributed by atoms with Crippen molar-refractivity contribution < 1.29 is 9.53 Å². The maximum atomic E-state index is 12.4. The fourth-order valence-corrected chi connectivity index (χ4v) is 14.3. The first-order valence-corrected chi connectivity index (χ1v) is 16.4. The van der Waals surface area contributed by atoms with Gasteiger partial charge in [-0.3, -0.25) is 0 Å². The first-order chi connectivity index (χ1) is 15.8. The molecule has 3 nitrogen and oxygen atoms in total. The van der Waals surface area contributed by atoms with Crippen LogP contribution in [0.25, 0.3) is 0 Å². The van der Waals surface area contributed by atoms with Crippen LogP contribution in [0.4, 0.5) is 4.79 Å². The van der Waals surface area contributed by atoms with E-state index in [4.69, 9.17) is 4.74 Å². The van der Waals surface area contributed by atoms with E-state index >= 15 is 0 Å². The number of rotatable bonds is 10. The van der Waals surface area contributed by atoms with Gasteiger partial charge in [-0.15, -0.1) is 0 Å². The van der Waals surface area contributed by atoms with Crippen LogP contribution in [0, 0.1) is 0 Å². The van der Waals surface area contributed by atoms with Crippen molar-refractivity contribution in [1.82, 2.24) is 5.32 Å². The molecule has 0 aliphatic rings. The topological polar surface area (TPSA) is 38.3 Å². The van der Waals surface area contributed by atoms with Crippen LogP contribution in [0.5, 0.6) is 0 Å². The molecule has 0 bridgehead atoms. The molecular formula is C29H45NO2SSi. The zero-order valence-corrected chi connectivity index (χ0v) is 24.5. The van der Waals surface area contributed by atoms with Crippen molar-refractivity contribution in [2.45, 2.75) is 102 Å². The minimum Gasteiger partial charge on any atom is -0.449 e. The monoisotopic (exact) mass is 499 g/mol. The van der Waals surface area contributed by atoms with Gasteiger partial charge >= 0.3 is 6.09 Å². The maximum Gasteiger partial charge on any atom is 0.407 e. The molecule has 1 amide bonds. The highest BCUT2D eigenvalue weighted by Crippen LogP contribution is 2.52. The van der Waals surface area contributed by atoms with Gasteiger partial charge in [0.1, 0.15) is 13.8 Å². The summed E-state index contributed by atoms with van der Waals surface area (Å²) >= 11 is 2.15. The summed E-state index contributed by atoms with van der Waals surface area (Å²) in [6.45, 7) is 20.7. The Morgan fingerprint density at radius 1 is 0.912 bits per heavy atom. The van der Waals surface area contributed by atoms with Crippen molar-refractivity contribution in [3.05, 3.63) is 65.7 Å². The molecule has 0 aromatic heterocycles. The van der Waals surface area contributed by atoms with Crippen molar-refractivity contribution in [2.75, 3.05) is 6.61 Å². The van der Waals surface area contributed by atoms with Gasteiger partial charge in [0.2, 0.25) is 0 Å². The Labute approximate surface area is 213 Å². The largest absolute Gasteiger partial charge is 0.449 e. The molecule has 2 rings (SSSR count).